The van der Waals surface area contributed by atoms with Gasteiger partial charge >= 0.3 is 0 Å². The Morgan fingerprint density at radius 3 is 1.95 bits per heavy atom. The quantitative estimate of drug-likeness (QED) is 0.491. The summed E-state index contributed by atoms with van der Waals surface area (Å²) in [6.07, 6.45) is 1.07. The molecule has 2 aromatic carbocycles. The van der Waals surface area contributed by atoms with E-state index in [9.17, 15) is 0 Å². The fraction of sp³-hybridized carbons (Fsp3) is 0.429. The molecule has 22 heavy (non-hydrogen) atoms. The minimum atomic E-state index is 0.185. The molecule has 1 atom stereocenters. The first kappa shape index (κ1) is 15.8. The normalized spacial score (nSPS) is 14.0. The molecule has 0 heterocycles. The van der Waals surface area contributed by atoms with Crippen LogP contribution in [-0.2, 0) is 17.3 Å². The van der Waals surface area contributed by atoms with Gasteiger partial charge in [-0.05, 0) is 55.9 Å². The summed E-state index contributed by atoms with van der Waals surface area (Å²) in [6.45, 7) is 13.7. The third-order valence-corrected chi connectivity index (χ3v) is 5.30. The summed E-state index contributed by atoms with van der Waals surface area (Å²) < 4.78 is 0. The summed E-state index contributed by atoms with van der Waals surface area (Å²) in [5.74, 6) is 0. The fourth-order valence-corrected chi connectivity index (χ4v) is 3.64. The lowest BCUT2D eigenvalue weighted by atomic mass is 9.83. The number of rotatable bonds is 0. The van der Waals surface area contributed by atoms with Gasteiger partial charge in [-0.15, -0.1) is 9.24 Å². The lowest BCUT2D eigenvalue weighted by Crippen LogP contribution is -2.15. The lowest BCUT2D eigenvalue weighted by Gasteiger charge is -2.22. The first-order chi connectivity index (χ1) is 10.1. The van der Waals surface area contributed by atoms with Gasteiger partial charge in [0.05, 0.1) is 0 Å². The van der Waals surface area contributed by atoms with Crippen molar-refractivity contribution in [2.45, 2.75) is 58.8 Å². The van der Waals surface area contributed by atoms with Gasteiger partial charge in [0.1, 0.15) is 0 Å². The standard InChI is InChI=1S/C21H27P/c1-20(2,3)14-8-7-13-9-18-17(16(13)10-14)11-15(12-19(18)22)21(4,5)6/h7-8,10-12H,9,22H2,1-6H3. The molecule has 0 spiro atoms. The van der Waals surface area contributed by atoms with E-state index in [0.29, 0.717) is 0 Å². The van der Waals surface area contributed by atoms with Crippen LogP contribution in [0.3, 0.4) is 0 Å². The molecule has 116 valence electrons. The van der Waals surface area contributed by atoms with E-state index in [0.717, 1.165) is 6.42 Å². The van der Waals surface area contributed by atoms with Crippen LogP contribution >= 0.6 is 9.24 Å². The SMILES string of the molecule is CC(C)(C)c1ccc2c(c1)-c1cc(C(C)(C)C)cc(P)c1C2. The molecule has 0 aromatic heterocycles. The summed E-state index contributed by atoms with van der Waals surface area (Å²) in [7, 11) is 2.95. The molecular weight excluding hydrogens is 283 g/mol. The van der Waals surface area contributed by atoms with Gasteiger partial charge in [0.25, 0.3) is 0 Å². The lowest BCUT2D eigenvalue weighted by molar-refractivity contribution is 0.589. The maximum Gasteiger partial charge on any atom is -0.000730 e. The molecule has 0 fully saturated rings. The topological polar surface area (TPSA) is 0 Å². The van der Waals surface area contributed by atoms with Crippen LogP contribution < -0.4 is 5.30 Å². The summed E-state index contributed by atoms with van der Waals surface area (Å²) >= 11 is 0. The van der Waals surface area contributed by atoms with Crippen LogP contribution in [0.25, 0.3) is 11.1 Å². The number of hydrogen-bond donors (Lipinski definition) is 0. The molecule has 0 aliphatic heterocycles. The highest BCUT2D eigenvalue weighted by atomic mass is 31.0. The molecule has 0 nitrogen and oxygen atoms in total. The predicted molar refractivity (Wildman–Crippen MR) is 101 cm³/mol. The predicted octanol–water partition coefficient (Wildman–Crippen LogP) is 5.35. The van der Waals surface area contributed by atoms with E-state index in [-0.39, 0.29) is 10.8 Å². The zero-order valence-electron chi connectivity index (χ0n) is 14.7. The van der Waals surface area contributed by atoms with Crippen molar-refractivity contribution in [1.29, 1.82) is 0 Å². The summed E-state index contributed by atoms with van der Waals surface area (Å²) in [5.41, 5.74) is 9.07. The minimum Gasteiger partial charge on any atom is -0.105 e. The monoisotopic (exact) mass is 310 g/mol. The Hall–Kier alpha value is -1.13. The van der Waals surface area contributed by atoms with E-state index in [1.54, 1.807) is 0 Å². The maximum absolute atomic E-state index is 2.95. The van der Waals surface area contributed by atoms with Gasteiger partial charge < -0.3 is 0 Å². The molecule has 1 unspecified atom stereocenters. The van der Waals surface area contributed by atoms with Crippen molar-refractivity contribution in [3.05, 3.63) is 52.6 Å². The molecule has 0 saturated carbocycles. The van der Waals surface area contributed by atoms with Gasteiger partial charge in [-0.1, -0.05) is 71.9 Å². The minimum absolute atomic E-state index is 0.185. The van der Waals surface area contributed by atoms with Crippen molar-refractivity contribution in [1.82, 2.24) is 0 Å². The Bertz CT molecular complexity index is 740. The highest BCUT2D eigenvalue weighted by molar-refractivity contribution is 7.27. The van der Waals surface area contributed by atoms with Gasteiger partial charge in [0.2, 0.25) is 0 Å². The molecule has 0 amide bonds. The number of hydrogen-bond acceptors (Lipinski definition) is 0. The van der Waals surface area contributed by atoms with Crippen molar-refractivity contribution in [2.24, 2.45) is 0 Å². The third-order valence-electron chi connectivity index (χ3n) is 4.78. The van der Waals surface area contributed by atoms with Crippen molar-refractivity contribution in [2.75, 3.05) is 0 Å². The molecule has 2 aromatic rings. The summed E-state index contributed by atoms with van der Waals surface area (Å²) in [5, 5.41) is 1.36. The van der Waals surface area contributed by atoms with E-state index in [1.165, 1.54) is 38.7 Å². The fourth-order valence-electron chi connectivity index (χ4n) is 3.20. The van der Waals surface area contributed by atoms with E-state index >= 15 is 0 Å². The summed E-state index contributed by atoms with van der Waals surface area (Å²) in [4.78, 5) is 0. The summed E-state index contributed by atoms with van der Waals surface area (Å²) in [6, 6.07) is 11.8. The van der Waals surface area contributed by atoms with Crippen LogP contribution in [-0.4, -0.2) is 0 Å². The van der Waals surface area contributed by atoms with E-state index in [4.69, 9.17) is 0 Å². The van der Waals surface area contributed by atoms with Crippen LogP contribution in [0.4, 0.5) is 0 Å². The molecule has 1 aliphatic rings. The highest BCUT2D eigenvalue weighted by Gasteiger charge is 2.25. The largest absolute Gasteiger partial charge is 0.105 e. The van der Waals surface area contributed by atoms with Crippen LogP contribution in [0.5, 0.6) is 0 Å². The van der Waals surface area contributed by atoms with Crippen molar-refractivity contribution < 1.29 is 0 Å². The van der Waals surface area contributed by atoms with Crippen molar-refractivity contribution in [3.8, 4) is 11.1 Å². The van der Waals surface area contributed by atoms with Gasteiger partial charge in [-0.25, -0.2) is 0 Å². The van der Waals surface area contributed by atoms with Gasteiger partial charge in [0, 0.05) is 0 Å². The highest BCUT2D eigenvalue weighted by Crippen LogP contribution is 2.40. The zero-order chi connectivity index (χ0) is 16.3. The van der Waals surface area contributed by atoms with Crippen LogP contribution in [0.2, 0.25) is 0 Å². The second kappa shape index (κ2) is 4.93. The van der Waals surface area contributed by atoms with Crippen molar-refractivity contribution >= 4 is 14.5 Å². The Labute approximate surface area is 137 Å². The second-order valence-corrected chi connectivity index (χ2v) is 9.26. The first-order valence-corrected chi connectivity index (χ1v) is 8.72. The average Bonchev–Trinajstić information content (AvgIpc) is 2.75. The van der Waals surface area contributed by atoms with E-state index < -0.39 is 0 Å². The van der Waals surface area contributed by atoms with Gasteiger partial charge in [0.15, 0.2) is 0 Å². The van der Waals surface area contributed by atoms with E-state index in [2.05, 4.69) is 81.1 Å². The molecule has 0 N–H and O–H groups in total. The van der Waals surface area contributed by atoms with Crippen LogP contribution in [0, 0.1) is 0 Å². The Balaban J connectivity index is 2.21. The Morgan fingerprint density at radius 2 is 1.36 bits per heavy atom. The van der Waals surface area contributed by atoms with Crippen LogP contribution in [0.1, 0.15) is 63.8 Å². The third kappa shape index (κ3) is 2.63. The Morgan fingerprint density at radius 1 is 0.773 bits per heavy atom. The Kier molecular flexibility index (Phi) is 3.53. The molecule has 0 bridgehead atoms. The molecule has 3 rings (SSSR count). The van der Waals surface area contributed by atoms with Crippen LogP contribution in [0.15, 0.2) is 30.3 Å². The second-order valence-electron chi connectivity index (χ2n) is 8.64. The number of benzene rings is 2. The first-order valence-electron chi connectivity index (χ1n) is 8.14. The maximum atomic E-state index is 2.95. The van der Waals surface area contributed by atoms with Crippen molar-refractivity contribution in [3.63, 3.8) is 0 Å². The molecule has 0 radical (unpaired) electrons. The van der Waals surface area contributed by atoms with Gasteiger partial charge in [-0.2, -0.15) is 0 Å². The van der Waals surface area contributed by atoms with Gasteiger partial charge in [-0.3, -0.25) is 0 Å². The average molecular weight is 310 g/mol. The smallest absolute Gasteiger partial charge is 0.000730 e. The van der Waals surface area contributed by atoms with E-state index in [1.807, 2.05) is 0 Å². The zero-order valence-corrected chi connectivity index (χ0v) is 15.8. The molecule has 1 heteroatoms. The number of fused-ring (bicyclic) bond motifs is 3. The molecule has 0 saturated heterocycles. The molecule has 1 aliphatic carbocycles. The molecular formula is C21H27P.